The van der Waals surface area contributed by atoms with E-state index in [1.165, 1.54) is 32.6 Å². The van der Waals surface area contributed by atoms with E-state index in [-0.39, 0.29) is 50.5 Å². The molecule has 214 valence electrons. The minimum atomic E-state index is -0.665. The Morgan fingerprint density at radius 1 is 0.921 bits per heavy atom. The van der Waals surface area contributed by atoms with Crippen molar-refractivity contribution >= 4 is 12.4 Å². The smallest absolute Gasteiger partial charge is 0.302 e. The maximum Gasteiger partial charge on any atom is 0.302 e. The zero-order valence-corrected chi connectivity index (χ0v) is 25.1. The maximum absolute atomic E-state index is 12.5. The predicted molar refractivity (Wildman–Crippen MR) is 146 cm³/mol. The van der Waals surface area contributed by atoms with Gasteiger partial charge in [-0.1, -0.05) is 48.5 Å². The van der Waals surface area contributed by atoms with Crippen molar-refractivity contribution in [2.45, 2.75) is 131 Å². The first-order chi connectivity index (χ1) is 17.7. The van der Waals surface area contributed by atoms with Crippen molar-refractivity contribution in [2.24, 2.45) is 62.1 Å². The first-order valence-corrected chi connectivity index (χ1v) is 15.6. The van der Waals surface area contributed by atoms with Gasteiger partial charge in [0.1, 0.15) is 12.2 Å². The van der Waals surface area contributed by atoms with E-state index in [1.807, 2.05) is 0 Å². The normalized spacial score (nSPS) is 58.1. The van der Waals surface area contributed by atoms with E-state index in [0.29, 0.717) is 30.1 Å². The summed E-state index contributed by atoms with van der Waals surface area (Å²) in [6.07, 6.45) is 8.83. The number of aliphatic hydroxyl groups is 1. The highest BCUT2D eigenvalue weighted by molar-refractivity contribution is 5.66. The highest BCUT2D eigenvalue weighted by Crippen LogP contribution is 2.91. The van der Waals surface area contributed by atoms with E-state index in [2.05, 4.69) is 48.5 Å². The standard InChI is InChI=1S/C33H52O5/c1-19-9-12-29(6)15-16-32-17-33(32,25(29)20(19)2)27(37-18-34)24(36)26-30(7)13-11-23(38-21(3)35)28(4,5)22(30)10-14-31(26,32)8/h18-20,22-27,36H,9-17H2,1-8H3/t19-,20+,22+,23+,24+,25-,26?,27+,29-,30+,31-,32-,33-/m1/s1. The molecule has 0 aromatic carbocycles. The van der Waals surface area contributed by atoms with Crippen LogP contribution in [0.25, 0.3) is 0 Å². The molecule has 13 atom stereocenters. The monoisotopic (exact) mass is 528 g/mol. The second kappa shape index (κ2) is 8.01. The minimum Gasteiger partial charge on any atom is -0.462 e. The maximum atomic E-state index is 12.5. The van der Waals surface area contributed by atoms with Gasteiger partial charge in [-0.25, -0.2) is 0 Å². The summed E-state index contributed by atoms with van der Waals surface area (Å²) in [6.45, 7) is 19.0. The van der Waals surface area contributed by atoms with Crippen LogP contribution in [-0.2, 0) is 19.1 Å². The Morgan fingerprint density at radius 2 is 1.63 bits per heavy atom. The van der Waals surface area contributed by atoms with Crippen molar-refractivity contribution in [3.63, 3.8) is 0 Å². The molecular weight excluding hydrogens is 476 g/mol. The van der Waals surface area contributed by atoms with Crippen LogP contribution in [-0.4, -0.2) is 35.9 Å². The topological polar surface area (TPSA) is 72.8 Å². The first kappa shape index (κ1) is 27.1. The third-order valence-corrected chi connectivity index (χ3v) is 15.0. The molecule has 1 unspecified atom stereocenters. The molecule has 5 heteroatoms. The first-order valence-electron chi connectivity index (χ1n) is 15.6. The fourth-order valence-electron chi connectivity index (χ4n) is 13.5. The molecule has 6 rings (SSSR count). The number of esters is 1. The quantitative estimate of drug-likeness (QED) is 0.332. The number of hydrogen-bond acceptors (Lipinski definition) is 5. The molecule has 5 nitrogen and oxygen atoms in total. The fraction of sp³-hybridized carbons (Fsp3) is 0.939. The molecular formula is C33H52O5. The van der Waals surface area contributed by atoms with Crippen LogP contribution in [0.1, 0.15) is 113 Å². The molecule has 6 aliphatic rings. The van der Waals surface area contributed by atoms with E-state index in [9.17, 15) is 14.7 Å². The molecule has 0 amide bonds. The van der Waals surface area contributed by atoms with Gasteiger partial charge >= 0.3 is 5.97 Å². The third-order valence-electron chi connectivity index (χ3n) is 15.0. The Morgan fingerprint density at radius 3 is 2.29 bits per heavy atom. The Kier molecular flexibility index (Phi) is 5.71. The van der Waals surface area contributed by atoms with Crippen LogP contribution in [0.3, 0.4) is 0 Å². The van der Waals surface area contributed by atoms with Crippen LogP contribution in [0.2, 0.25) is 0 Å². The molecule has 0 aliphatic heterocycles. The molecule has 0 bridgehead atoms. The van der Waals surface area contributed by atoms with Gasteiger partial charge < -0.3 is 14.6 Å². The predicted octanol–water partition coefficient (Wildman–Crippen LogP) is 6.55. The van der Waals surface area contributed by atoms with Crippen molar-refractivity contribution in [1.29, 1.82) is 0 Å². The summed E-state index contributed by atoms with van der Waals surface area (Å²) in [6, 6.07) is 0. The second-order valence-corrected chi connectivity index (χ2v) is 16.4. The molecule has 0 aromatic heterocycles. The van der Waals surface area contributed by atoms with Gasteiger partial charge in [0, 0.05) is 23.7 Å². The number of aliphatic hydroxyl groups excluding tert-OH is 1. The van der Waals surface area contributed by atoms with Crippen LogP contribution in [0.4, 0.5) is 0 Å². The summed E-state index contributed by atoms with van der Waals surface area (Å²) in [5.41, 5.74) is -0.00992. The van der Waals surface area contributed by atoms with Gasteiger partial charge in [-0.15, -0.1) is 0 Å². The third kappa shape index (κ3) is 2.93. The van der Waals surface area contributed by atoms with E-state index >= 15 is 0 Å². The van der Waals surface area contributed by atoms with Gasteiger partial charge in [-0.2, -0.15) is 0 Å². The number of ether oxygens (including phenoxy) is 2. The van der Waals surface area contributed by atoms with Gasteiger partial charge in [0.05, 0.1) is 6.10 Å². The number of carbonyl (C=O) groups excluding carboxylic acids is 2. The lowest BCUT2D eigenvalue weighted by Crippen LogP contribution is -2.71. The van der Waals surface area contributed by atoms with Gasteiger partial charge in [-0.05, 0) is 103 Å². The van der Waals surface area contributed by atoms with E-state index < -0.39 is 12.2 Å². The largest absolute Gasteiger partial charge is 0.462 e. The molecule has 0 heterocycles. The van der Waals surface area contributed by atoms with Gasteiger partial charge in [0.2, 0.25) is 0 Å². The van der Waals surface area contributed by atoms with Crippen molar-refractivity contribution in [3.05, 3.63) is 0 Å². The lowest BCUT2D eigenvalue weighted by atomic mass is 9.34. The van der Waals surface area contributed by atoms with Crippen molar-refractivity contribution in [1.82, 2.24) is 0 Å². The number of rotatable bonds is 3. The molecule has 0 radical (unpaired) electrons. The van der Waals surface area contributed by atoms with Crippen molar-refractivity contribution in [3.8, 4) is 0 Å². The molecule has 6 fully saturated rings. The van der Waals surface area contributed by atoms with E-state index in [4.69, 9.17) is 9.47 Å². The van der Waals surface area contributed by atoms with Crippen molar-refractivity contribution in [2.75, 3.05) is 0 Å². The average Bonchev–Trinajstić information content (AvgIpc) is 3.53. The number of carbonyl (C=O) groups is 2. The Hall–Kier alpha value is -1.10. The van der Waals surface area contributed by atoms with E-state index in [0.717, 1.165) is 32.1 Å². The Labute approximate surface area is 230 Å². The summed E-state index contributed by atoms with van der Waals surface area (Å²) in [5.74, 6) is 1.89. The molecule has 6 aliphatic carbocycles. The van der Waals surface area contributed by atoms with Crippen LogP contribution in [0.5, 0.6) is 0 Å². The highest BCUT2D eigenvalue weighted by Gasteiger charge is 2.89. The Balaban J connectivity index is 1.46. The number of hydrogen-bond donors (Lipinski definition) is 1. The molecule has 0 saturated heterocycles. The van der Waals surface area contributed by atoms with Crippen LogP contribution >= 0.6 is 0 Å². The molecule has 1 N–H and O–H groups in total. The zero-order valence-electron chi connectivity index (χ0n) is 25.1. The average molecular weight is 529 g/mol. The lowest BCUT2D eigenvalue weighted by Gasteiger charge is -2.71. The summed E-state index contributed by atoms with van der Waals surface area (Å²) >= 11 is 0. The van der Waals surface area contributed by atoms with Crippen LogP contribution in [0, 0.1) is 62.1 Å². The SMILES string of the molecule is CC(=O)O[C@H]1CC[C@]2(C)C3[C@H](O)[C@H](OC=O)[C@]45C[C@]4(CC[C@@]4(C)CC[C@@H](C)[C@H](C)[C@H]45)[C@]3(C)CC[C@H]2C1(C)C. The number of fused-ring (bicyclic) bond motifs is 4. The van der Waals surface area contributed by atoms with Crippen molar-refractivity contribution < 1.29 is 24.2 Å². The summed E-state index contributed by atoms with van der Waals surface area (Å²) in [7, 11) is 0. The highest BCUT2D eigenvalue weighted by atomic mass is 16.5. The van der Waals surface area contributed by atoms with Crippen LogP contribution in [0.15, 0.2) is 0 Å². The molecule has 6 saturated carbocycles. The molecule has 38 heavy (non-hydrogen) atoms. The van der Waals surface area contributed by atoms with E-state index in [1.54, 1.807) is 0 Å². The fourth-order valence-corrected chi connectivity index (χ4v) is 13.5. The zero-order chi connectivity index (χ0) is 27.7. The molecule has 0 aromatic rings. The summed E-state index contributed by atoms with van der Waals surface area (Å²) in [5, 5.41) is 12.5. The van der Waals surface area contributed by atoms with Gasteiger partial charge in [0.25, 0.3) is 6.47 Å². The summed E-state index contributed by atoms with van der Waals surface area (Å²) in [4.78, 5) is 24.1. The second-order valence-electron chi connectivity index (χ2n) is 16.4. The minimum absolute atomic E-state index is 0.00644. The lowest BCUT2D eigenvalue weighted by molar-refractivity contribution is -0.285. The van der Waals surface area contributed by atoms with Crippen LogP contribution < -0.4 is 0 Å². The Bertz CT molecular complexity index is 1020. The van der Waals surface area contributed by atoms with Gasteiger partial charge in [-0.3, -0.25) is 9.59 Å². The molecule has 0 spiro atoms. The summed E-state index contributed by atoms with van der Waals surface area (Å²) < 4.78 is 12.0. The van der Waals surface area contributed by atoms with Gasteiger partial charge in [0.15, 0.2) is 0 Å².